The number of halogens is 1. The van der Waals surface area contributed by atoms with Crippen LogP contribution in [0.1, 0.15) is 31.7 Å². The van der Waals surface area contributed by atoms with Gasteiger partial charge in [-0.1, -0.05) is 24.8 Å². The van der Waals surface area contributed by atoms with Gasteiger partial charge in [-0.3, -0.25) is 4.79 Å². The number of carbonyl (C=O) groups is 1. The first kappa shape index (κ1) is 18.6. The zero-order valence-corrected chi connectivity index (χ0v) is 15.1. The van der Waals surface area contributed by atoms with Gasteiger partial charge >= 0.3 is 0 Å². The Morgan fingerprint density at radius 1 is 1.37 bits per heavy atom. The second-order valence-corrected chi connectivity index (χ2v) is 6.44. The van der Waals surface area contributed by atoms with Crippen LogP contribution in [-0.4, -0.2) is 29.0 Å². The van der Waals surface area contributed by atoms with Gasteiger partial charge < -0.3 is 16.0 Å². The fraction of sp³-hybridized carbons (Fsp3) is 0.350. The molecule has 0 spiro atoms. The molecule has 0 saturated heterocycles. The molecular weight excluding hydrogens is 345 g/mol. The van der Waals surface area contributed by atoms with Gasteiger partial charge in [0.1, 0.15) is 11.6 Å². The van der Waals surface area contributed by atoms with Crippen LogP contribution in [0.5, 0.6) is 0 Å². The first-order valence-corrected chi connectivity index (χ1v) is 9.02. The minimum Gasteiger partial charge on any atom is -0.369 e. The molecule has 3 N–H and O–H groups in total. The molecule has 27 heavy (non-hydrogen) atoms. The van der Waals surface area contributed by atoms with E-state index in [0.29, 0.717) is 17.5 Å². The topological polar surface area (TPSA) is 78.9 Å². The van der Waals surface area contributed by atoms with Crippen LogP contribution in [0.25, 0.3) is 0 Å². The maximum Gasteiger partial charge on any atom is 0.229 e. The number of nitrogens with zero attached hydrogens (tertiary/aromatic N) is 2. The lowest BCUT2D eigenvalue weighted by Gasteiger charge is -2.30. The molecule has 3 rings (SSSR count). The average Bonchev–Trinajstić information content (AvgIpc) is 2.63. The Kier molecular flexibility index (Phi) is 6.21. The molecule has 0 atom stereocenters. The molecule has 140 valence electrons. The van der Waals surface area contributed by atoms with E-state index in [1.54, 1.807) is 18.3 Å². The lowest BCUT2D eigenvalue weighted by Crippen LogP contribution is -2.39. The SMILES string of the molecule is CCCNc1nc(Nc2cccc(F)c2)ncc1C#CC1CC(NC=O)C1. The molecule has 1 aromatic carbocycles. The number of nitrogens with one attached hydrogen (secondary N) is 3. The summed E-state index contributed by atoms with van der Waals surface area (Å²) in [6.45, 7) is 2.83. The van der Waals surface area contributed by atoms with Gasteiger partial charge in [-0.25, -0.2) is 9.37 Å². The molecule has 1 aliphatic carbocycles. The molecule has 7 heteroatoms. The third kappa shape index (κ3) is 5.17. The monoisotopic (exact) mass is 367 g/mol. The number of rotatable bonds is 7. The van der Waals surface area contributed by atoms with Gasteiger partial charge in [-0.05, 0) is 37.5 Å². The highest BCUT2D eigenvalue weighted by atomic mass is 19.1. The first-order valence-electron chi connectivity index (χ1n) is 9.02. The van der Waals surface area contributed by atoms with Crippen LogP contribution in [0, 0.1) is 23.6 Å². The summed E-state index contributed by atoms with van der Waals surface area (Å²) in [7, 11) is 0. The van der Waals surface area contributed by atoms with Gasteiger partial charge in [0.05, 0.1) is 11.8 Å². The molecule has 2 aromatic rings. The Labute approximate surface area is 158 Å². The van der Waals surface area contributed by atoms with Crippen LogP contribution in [0.15, 0.2) is 30.5 Å². The number of hydrogen-bond acceptors (Lipinski definition) is 5. The van der Waals surface area contributed by atoms with Crippen LogP contribution in [-0.2, 0) is 4.79 Å². The van der Waals surface area contributed by atoms with Gasteiger partial charge in [0, 0.05) is 24.2 Å². The van der Waals surface area contributed by atoms with Crippen LogP contribution in [0.2, 0.25) is 0 Å². The standard InChI is InChI=1S/C20H22FN5O/c1-2-8-22-19-15(7-6-14-9-18(10-14)24-13-27)12-23-20(26-19)25-17-5-3-4-16(21)11-17/h3-5,11-14,18H,2,8-10H2,1H3,(H,24,27)(H2,22,23,25,26). The van der Waals surface area contributed by atoms with Gasteiger partial charge in [0.15, 0.2) is 0 Å². The Bertz CT molecular complexity index is 855. The predicted octanol–water partition coefficient (Wildman–Crippen LogP) is 3.06. The van der Waals surface area contributed by atoms with E-state index in [-0.39, 0.29) is 17.8 Å². The van der Waals surface area contributed by atoms with Crippen molar-refractivity contribution in [3.05, 3.63) is 41.8 Å². The number of carbonyl (C=O) groups excluding carboxylic acids is 1. The van der Waals surface area contributed by atoms with Crippen molar-refractivity contribution in [3.8, 4) is 11.8 Å². The predicted molar refractivity (Wildman–Crippen MR) is 103 cm³/mol. The average molecular weight is 367 g/mol. The number of benzene rings is 1. The lowest BCUT2D eigenvalue weighted by atomic mass is 9.81. The summed E-state index contributed by atoms with van der Waals surface area (Å²) in [6, 6.07) is 6.37. The molecule has 1 aliphatic rings. The molecule has 1 fully saturated rings. The van der Waals surface area contributed by atoms with Crippen molar-refractivity contribution in [3.63, 3.8) is 0 Å². The summed E-state index contributed by atoms with van der Waals surface area (Å²) in [5.41, 5.74) is 1.30. The molecule has 1 aromatic heterocycles. The number of hydrogen-bond donors (Lipinski definition) is 3. The second-order valence-electron chi connectivity index (χ2n) is 6.44. The zero-order valence-electron chi connectivity index (χ0n) is 15.1. The zero-order chi connectivity index (χ0) is 19.1. The lowest BCUT2D eigenvalue weighted by molar-refractivity contribution is -0.110. The Hall–Kier alpha value is -3.14. The van der Waals surface area contributed by atoms with E-state index in [4.69, 9.17) is 0 Å². The van der Waals surface area contributed by atoms with E-state index in [2.05, 4.69) is 44.7 Å². The molecule has 1 heterocycles. The smallest absolute Gasteiger partial charge is 0.229 e. The quantitative estimate of drug-likeness (QED) is 0.518. The molecular formula is C20H22FN5O. The van der Waals surface area contributed by atoms with Gasteiger partial charge in [0.2, 0.25) is 12.4 Å². The molecule has 0 radical (unpaired) electrons. The highest BCUT2D eigenvalue weighted by Crippen LogP contribution is 2.26. The van der Waals surface area contributed by atoms with Crippen molar-refractivity contribution >= 4 is 23.9 Å². The minimum absolute atomic E-state index is 0.230. The Morgan fingerprint density at radius 2 is 2.22 bits per heavy atom. The van der Waals surface area contributed by atoms with E-state index >= 15 is 0 Å². The Balaban J connectivity index is 1.73. The third-order valence-electron chi connectivity index (χ3n) is 4.26. The van der Waals surface area contributed by atoms with Gasteiger partial charge in [0.25, 0.3) is 0 Å². The summed E-state index contributed by atoms with van der Waals surface area (Å²) in [5.74, 6) is 7.34. The van der Waals surface area contributed by atoms with Crippen molar-refractivity contribution in [2.45, 2.75) is 32.2 Å². The Morgan fingerprint density at radius 3 is 2.96 bits per heavy atom. The number of anilines is 3. The van der Waals surface area contributed by atoms with Crippen molar-refractivity contribution in [2.75, 3.05) is 17.2 Å². The highest BCUT2D eigenvalue weighted by molar-refractivity contribution is 5.59. The molecule has 0 aliphatic heterocycles. The van der Waals surface area contributed by atoms with Gasteiger partial charge in [-0.2, -0.15) is 4.98 Å². The maximum absolute atomic E-state index is 13.3. The van der Waals surface area contributed by atoms with E-state index in [0.717, 1.165) is 37.8 Å². The summed E-state index contributed by atoms with van der Waals surface area (Å²) >= 11 is 0. The van der Waals surface area contributed by atoms with Crippen LogP contribution >= 0.6 is 0 Å². The van der Waals surface area contributed by atoms with Crippen LogP contribution in [0.4, 0.5) is 21.8 Å². The van der Waals surface area contributed by atoms with Crippen LogP contribution < -0.4 is 16.0 Å². The largest absolute Gasteiger partial charge is 0.369 e. The third-order valence-corrected chi connectivity index (χ3v) is 4.26. The first-order chi connectivity index (χ1) is 13.2. The summed E-state index contributed by atoms with van der Waals surface area (Å²) in [6.07, 6.45) is 5.08. The van der Waals surface area contributed by atoms with E-state index in [9.17, 15) is 9.18 Å². The summed E-state index contributed by atoms with van der Waals surface area (Å²) < 4.78 is 13.3. The summed E-state index contributed by atoms with van der Waals surface area (Å²) in [5, 5.41) is 9.03. The second kappa shape index (κ2) is 8.99. The minimum atomic E-state index is -0.324. The highest BCUT2D eigenvalue weighted by Gasteiger charge is 2.26. The molecule has 0 unspecified atom stereocenters. The number of amides is 1. The van der Waals surface area contributed by atoms with Gasteiger partial charge in [-0.15, -0.1) is 0 Å². The van der Waals surface area contributed by atoms with E-state index in [1.165, 1.54) is 12.1 Å². The van der Waals surface area contributed by atoms with Crippen molar-refractivity contribution in [1.29, 1.82) is 0 Å². The fourth-order valence-electron chi connectivity index (χ4n) is 2.75. The van der Waals surface area contributed by atoms with Crippen LogP contribution in [0.3, 0.4) is 0 Å². The summed E-state index contributed by atoms with van der Waals surface area (Å²) in [4.78, 5) is 19.2. The maximum atomic E-state index is 13.3. The van der Waals surface area contributed by atoms with Crippen molar-refractivity contribution < 1.29 is 9.18 Å². The molecule has 1 amide bonds. The normalized spacial score (nSPS) is 17.9. The van der Waals surface area contributed by atoms with Crippen molar-refractivity contribution in [1.82, 2.24) is 15.3 Å². The fourth-order valence-corrected chi connectivity index (χ4v) is 2.75. The van der Waals surface area contributed by atoms with E-state index in [1.807, 2.05) is 0 Å². The molecule has 0 bridgehead atoms. The molecule has 1 saturated carbocycles. The number of aromatic nitrogens is 2. The van der Waals surface area contributed by atoms with Crippen molar-refractivity contribution in [2.24, 2.45) is 5.92 Å². The molecule has 6 nitrogen and oxygen atoms in total. The van der Waals surface area contributed by atoms with E-state index < -0.39 is 0 Å².